The molecule has 0 unspecified atom stereocenters. The van der Waals surface area contributed by atoms with Gasteiger partial charge in [0.15, 0.2) is 0 Å². The van der Waals surface area contributed by atoms with Gasteiger partial charge in [0.2, 0.25) is 0 Å². The minimum Gasteiger partial charge on any atom is -0.310 e. The van der Waals surface area contributed by atoms with Crippen LogP contribution >= 0.6 is 24.0 Å². The average molecular weight is 250 g/mol. The fourth-order valence-electron chi connectivity index (χ4n) is 1.90. The van der Waals surface area contributed by atoms with Crippen molar-refractivity contribution in [2.24, 2.45) is 0 Å². The van der Waals surface area contributed by atoms with Gasteiger partial charge >= 0.3 is 0 Å². The normalized spacial score (nSPS) is 20.8. The summed E-state index contributed by atoms with van der Waals surface area (Å²) in [4.78, 5) is 0. The SMILES string of the molecule is Cl.Fc1ccc(Cl)cc1[C@@H]1CCCCN1. The van der Waals surface area contributed by atoms with Crippen LogP contribution in [0.4, 0.5) is 4.39 Å². The van der Waals surface area contributed by atoms with Crippen molar-refractivity contribution in [2.75, 3.05) is 6.54 Å². The van der Waals surface area contributed by atoms with E-state index in [4.69, 9.17) is 11.6 Å². The first-order valence-corrected chi connectivity index (χ1v) is 5.33. The minimum atomic E-state index is -0.159. The zero-order chi connectivity index (χ0) is 9.97. The van der Waals surface area contributed by atoms with Gasteiger partial charge in [0, 0.05) is 16.6 Å². The zero-order valence-corrected chi connectivity index (χ0v) is 9.87. The van der Waals surface area contributed by atoms with E-state index in [1.807, 2.05) is 0 Å². The van der Waals surface area contributed by atoms with Crippen molar-refractivity contribution >= 4 is 24.0 Å². The Balaban J connectivity index is 0.00000112. The molecule has 0 saturated carbocycles. The highest BCUT2D eigenvalue weighted by Gasteiger charge is 2.18. The molecule has 15 heavy (non-hydrogen) atoms. The van der Waals surface area contributed by atoms with Crippen molar-refractivity contribution in [3.05, 3.63) is 34.6 Å². The van der Waals surface area contributed by atoms with Crippen LogP contribution in [0.1, 0.15) is 30.9 Å². The highest BCUT2D eigenvalue weighted by Crippen LogP contribution is 2.27. The fraction of sp³-hybridized carbons (Fsp3) is 0.455. The first-order valence-electron chi connectivity index (χ1n) is 4.96. The molecule has 1 fully saturated rings. The molecule has 84 valence electrons. The van der Waals surface area contributed by atoms with E-state index in [1.54, 1.807) is 12.1 Å². The largest absolute Gasteiger partial charge is 0.310 e. The molecule has 1 aromatic rings. The van der Waals surface area contributed by atoms with Gasteiger partial charge in [-0.05, 0) is 37.6 Å². The molecule has 0 radical (unpaired) electrons. The summed E-state index contributed by atoms with van der Waals surface area (Å²) in [5.41, 5.74) is 0.706. The Kier molecular flexibility index (Phi) is 4.84. The molecule has 1 N–H and O–H groups in total. The van der Waals surface area contributed by atoms with Gasteiger partial charge in [-0.3, -0.25) is 0 Å². The summed E-state index contributed by atoms with van der Waals surface area (Å²) in [6.45, 7) is 0.969. The second-order valence-corrected chi connectivity index (χ2v) is 4.10. The maximum absolute atomic E-state index is 13.5. The Labute approximate surface area is 100 Å². The number of rotatable bonds is 1. The Morgan fingerprint density at radius 3 is 2.80 bits per heavy atom. The van der Waals surface area contributed by atoms with E-state index < -0.39 is 0 Å². The lowest BCUT2D eigenvalue weighted by Crippen LogP contribution is -2.27. The smallest absolute Gasteiger partial charge is 0.128 e. The first-order chi connectivity index (χ1) is 6.77. The molecule has 1 heterocycles. The molecule has 2 rings (SSSR count). The fourth-order valence-corrected chi connectivity index (χ4v) is 2.08. The predicted octanol–water partition coefficient (Wildman–Crippen LogP) is 3.72. The maximum atomic E-state index is 13.5. The van der Waals surface area contributed by atoms with Gasteiger partial charge in [-0.15, -0.1) is 12.4 Å². The van der Waals surface area contributed by atoms with Gasteiger partial charge in [-0.25, -0.2) is 4.39 Å². The zero-order valence-electron chi connectivity index (χ0n) is 8.30. The number of piperidine rings is 1. The molecule has 1 nitrogen and oxygen atoms in total. The van der Waals surface area contributed by atoms with Crippen LogP contribution in [-0.2, 0) is 0 Å². The number of halogens is 3. The molecule has 1 aromatic carbocycles. The summed E-state index contributed by atoms with van der Waals surface area (Å²) in [6.07, 6.45) is 3.33. The van der Waals surface area contributed by atoms with Crippen molar-refractivity contribution in [2.45, 2.75) is 25.3 Å². The topological polar surface area (TPSA) is 12.0 Å². The van der Waals surface area contributed by atoms with E-state index in [9.17, 15) is 4.39 Å². The highest BCUT2D eigenvalue weighted by molar-refractivity contribution is 6.30. The minimum absolute atomic E-state index is 0. The number of hydrogen-bond acceptors (Lipinski definition) is 1. The number of benzene rings is 1. The second-order valence-electron chi connectivity index (χ2n) is 3.67. The van der Waals surface area contributed by atoms with Gasteiger partial charge in [0.05, 0.1) is 0 Å². The van der Waals surface area contributed by atoms with E-state index >= 15 is 0 Å². The van der Waals surface area contributed by atoms with Crippen LogP contribution in [0.25, 0.3) is 0 Å². The third kappa shape index (κ3) is 3.07. The molecule has 1 aliphatic heterocycles. The number of hydrogen-bond donors (Lipinski definition) is 1. The number of nitrogens with one attached hydrogen (secondary N) is 1. The van der Waals surface area contributed by atoms with Gasteiger partial charge in [-0.1, -0.05) is 18.0 Å². The monoisotopic (exact) mass is 249 g/mol. The molecule has 0 aromatic heterocycles. The summed E-state index contributed by atoms with van der Waals surface area (Å²) in [5, 5.41) is 3.91. The van der Waals surface area contributed by atoms with Gasteiger partial charge in [0.1, 0.15) is 5.82 Å². The van der Waals surface area contributed by atoms with E-state index in [-0.39, 0.29) is 24.3 Å². The highest BCUT2D eigenvalue weighted by atomic mass is 35.5. The Morgan fingerprint density at radius 2 is 2.13 bits per heavy atom. The van der Waals surface area contributed by atoms with Crippen LogP contribution in [0.2, 0.25) is 5.02 Å². The average Bonchev–Trinajstić information content (AvgIpc) is 2.23. The summed E-state index contributed by atoms with van der Waals surface area (Å²) in [7, 11) is 0. The summed E-state index contributed by atoms with van der Waals surface area (Å²) < 4.78 is 13.5. The Hall–Kier alpha value is -0.310. The summed E-state index contributed by atoms with van der Waals surface area (Å²) in [6, 6.07) is 4.89. The standard InChI is InChI=1S/C11H13ClFN.ClH/c12-8-4-5-10(13)9(7-8)11-3-1-2-6-14-11;/h4-5,7,11,14H,1-3,6H2;1H/t11-;/m0./s1. The third-order valence-electron chi connectivity index (χ3n) is 2.64. The van der Waals surface area contributed by atoms with Gasteiger partial charge in [-0.2, -0.15) is 0 Å². The van der Waals surface area contributed by atoms with E-state index in [2.05, 4.69) is 5.32 Å². The second kappa shape index (κ2) is 5.69. The molecule has 1 atom stereocenters. The Bertz CT molecular complexity index is 324. The molecule has 0 bridgehead atoms. The first kappa shape index (κ1) is 12.8. The van der Waals surface area contributed by atoms with Crippen LogP contribution in [0.3, 0.4) is 0 Å². The van der Waals surface area contributed by atoms with Gasteiger partial charge < -0.3 is 5.32 Å². The lowest BCUT2D eigenvalue weighted by molar-refractivity contribution is 0.400. The lowest BCUT2D eigenvalue weighted by Gasteiger charge is -2.24. The van der Waals surface area contributed by atoms with Crippen molar-refractivity contribution in [3.63, 3.8) is 0 Å². The predicted molar refractivity (Wildman–Crippen MR) is 63.3 cm³/mol. The van der Waals surface area contributed by atoms with E-state index in [0.717, 1.165) is 19.4 Å². The van der Waals surface area contributed by atoms with Crippen molar-refractivity contribution in [1.82, 2.24) is 5.32 Å². The van der Waals surface area contributed by atoms with Crippen LogP contribution in [0, 0.1) is 5.82 Å². The van der Waals surface area contributed by atoms with Crippen molar-refractivity contribution < 1.29 is 4.39 Å². The van der Waals surface area contributed by atoms with Crippen LogP contribution in [0.15, 0.2) is 18.2 Å². The lowest BCUT2D eigenvalue weighted by atomic mass is 9.97. The van der Waals surface area contributed by atoms with Crippen LogP contribution < -0.4 is 5.32 Å². The molecule has 0 aliphatic carbocycles. The molecular formula is C11H14Cl2FN. The maximum Gasteiger partial charge on any atom is 0.128 e. The van der Waals surface area contributed by atoms with Crippen LogP contribution in [0.5, 0.6) is 0 Å². The summed E-state index contributed by atoms with van der Waals surface area (Å²) in [5.74, 6) is -0.159. The molecule has 4 heteroatoms. The van der Waals surface area contributed by atoms with Crippen molar-refractivity contribution in [3.8, 4) is 0 Å². The quantitative estimate of drug-likeness (QED) is 0.801. The van der Waals surface area contributed by atoms with Crippen molar-refractivity contribution in [1.29, 1.82) is 0 Å². The molecule has 0 spiro atoms. The molecule has 0 amide bonds. The van der Waals surface area contributed by atoms with Crippen LogP contribution in [-0.4, -0.2) is 6.54 Å². The molecule has 1 saturated heterocycles. The third-order valence-corrected chi connectivity index (χ3v) is 2.88. The molecular weight excluding hydrogens is 236 g/mol. The van der Waals surface area contributed by atoms with E-state index in [1.165, 1.54) is 12.5 Å². The summed E-state index contributed by atoms with van der Waals surface area (Å²) >= 11 is 5.84. The molecule has 1 aliphatic rings. The van der Waals surface area contributed by atoms with Gasteiger partial charge in [0.25, 0.3) is 0 Å². The Morgan fingerprint density at radius 1 is 1.33 bits per heavy atom. The van der Waals surface area contributed by atoms with E-state index in [0.29, 0.717) is 10.6 Å².